The highest BCUT2D eigenvalue weighted by atomic mass is 79.9. The monoisotopic (exact) mass is 371 g/mol. The van der Waals surface area contributed by atoms with Gasteiger partial charge in [-0.3, -0.25) is 0 Å². The maximum Gasteiger partial charge on any atom is 0.150 e. The third-order valence-electron chi connectivity index (χ3n) is 2.84. The van der Waals surface area contributed by atoms with E-state index in [1.165, 1.54) is 0 Å². The summed E-state index contributed by atoms with van der Waals surface area (Å²) in [4.78, 5) is 4.34. The average Bonchev–Trinajstić information content (AvgIpc) is 2.32. The lowest BCUT2D eigenvalue weighted by molar-refractivity contribution is 0.589. The summed E-state index contributed by atoms with van der Waals surface area (Å²) in [5, 5.41) is 2.65. The Bertz CT molecular complexity index is 711. The van der Waals surface area contributed by atoms with Crippen LogP contribution < -0.4 is 11.1 Å². The summed E-state index contributed by atoms with van der Waals surface area (Å²) in [7, 11) is 0. The van der Waals surface area contributed by atoms with Gasteiger partial charge in [-0.2, -0.15) is 0 Å². The second-order valence-electron chi connectivity index (χ2n) is 4.54. The van der Waals surface area contributed by atoms with Crippen LogP contribution in [0.2, 0.25) is 0 Å². The van der Waals surface area contributed by atoms with Crippen molar-refractivity contribution in [3.63, 3.8) is 0 Å². The molecule has 2 rings (SSSR count). The first-order chi connectivity index (χ1) is 9.79. The van der Waals surface area contributed by atoms with Gasteiger partial charge in [-0.25, -0.2) is 13.8 Å². The molecule has 0 fully saturated rings. The molecule has 0 saturated carbocycles. The summed E-state index contributed by atoms with van der Waals surface area (Å²) in [6, 6.07) is 4.12. The lowest BCUT2D eigenvalue weighted by Gasteiger charge is -2.15. The molecule has 1 heterocycles. The number of hydrogen-bond acceptors (Lipinski definition) is 3. The highest BCUT2D eigenvalue weighted by Crippen LogP contribution is 2.28. The number of thiocarbonyl (C=S) groups is 1. The van der Waals surface area contributed by atoms with Crippen molar-refractivity contribution < 1.29 is 8.78 Å². The van der Waals surface area contributed by atoms with E-state index in [1.54, 1.807) is 13.0 Å². The molecule has 1 aromatic carbocycles. The maximum absolute atomic E-state index is 13.9. The zero-order valence-electron chi connectivity index (χ0n) is 11.3. The Balaban J connectivity index is 2.57. The van der Waals surface area contributed by atoms with E-state index < -0.39 is 11.6 Å². The number of hydrogen-bond donors (Lipinski definition) is 2. The fraction of sp³-hybridized carbons (Fsp3) is 0.143. The minimum Gasteiger partial charge on any atom is -0.389 e. The van der Waals surface area contributed by atoms with Crippen molar-refractivity contribution in [3.05, 3.63) is 51.1 Å². The molecule has 0 saturated heterocycles. The standard InChI is InChI=1S/C14H12BrF2N3S/c1-6-3-7(2)19-14(11(6)13(18)21)20-12-9(16)4-8(15)5-10(12)17/h3-5H,1-2H3,(H2,18,21)(H,19,20). The first kappa shape index (κ1) is 15.8. The number of benzene rings is 1. The molecule has 3 nitrogen and oxygen atoms in total. The summed E-state index contributed by atoms with van der Waals surface area (Å²) >= 11 is 8.02. The van der Waals surface area contributed by atoms with Gasteiger partial charge in [-0.05, 0) is 37.6 Å². The topological polar surface area (TPSA) is 50.9 Å². The molecule has 1 aromatic heterocycles. The number of aromatic nitrogens is 1. The largest absolute Gasteiger partial charge is 0.389 e. The molecule has 0 atom stereocenters. The molecule has 2 aromatic rings. The van der Waals surface area contributed by atoms with E-state index in [1.807, 2.05) is 6.92 Å². The Labute approximate surface area is 134 Å². The van der Waals surface area contributed by atoms with Crippen LogP contribution in [0.1, 0.15) is 16.8 Å². The number of nitrogens with two attached hydrogens (primary N) is 1. The fourth-order valence-electron chi connectivity index (χ4n) is 2.02. The van der Waals surface area contributed by atoms with Crippen LogP contribution in [0.15, 0.2) is 22.7 Å². The predicted molar refractivity (Wildman–Crippen MR) is 86.9 cm³/mol. The fourth-order valence-corrected chi connectivity index (χ4v) is 2.68. The van der Waals surface area contributed by atoms with E-state index in [-0.39, 0.29) is 16.5 Å². The Morgan fingerprint density at radius 2 is 1.81 bits per heavy atom. The van der Waals surface area contributed by atoms with Crippen LogP contribution in [-0.2, 0) is 0 Å². The first-order valence-corrected chi connectivity index (χ1v) is 7.19. The van der Waals surface area contributed by atoms with E-state index in [4.69, 9.17) is 18.0 Å². The number of rotatable bonds is 3. The lowest BCUT2D eigenvalue weighted by atomic mass is 10.1. The van der Waals surface area contributed by atoms with Gasteiger partial charge in [0.15, 0.2) is 11.6 Å². The third-order valence-corrected chi connectivity index (χ3v) is 3.50. The maximum atomic E-state index is 13.9. The number of anilines is 2. The number of pyridine rings is 1. The van der Waals surface area contributed by atoms with E-state index in [9.17, 15) is 8.78 Å². The Kier molecular flexibility index (Phi) is 4.53. The van der Waals surface area contributed by atoms with Gasteiger partial charge in [0.1, 0.15) is 16.5 Å². The summed E-state index contributed by atoms with van der Waals surface area (Å²) in [5.74, 6) is -1.24. The van der Waals surface area contributed by atoms with E-state index in [0.717, 1.165) is 17.7 Å². The predicted octanol–water partition coefficient (Wildman–Crippen LogP) is 4.12. The molecule has 0 spiro atoms. The Morgan fingerprint density at radius 3 is 2.33 bits per heavy atom. The summed E-state index contributed by atoms with van der Waals surface area (Å²) < 4.78 is 28.1. The van der Waals surface area contributed by atoms with Crippen molar-refractivity contribution in [2.24, 2.45) is 5.73 Å². The van der Waals surface area contributed by atoms with Crippen molar-refractivity contribution in [3.8, 4) is 0 Å². The number of nitrogens with one attached hydrogen (secondary N) is 1. The van der Waals surface area contributed by atoms with Gasteiger partial charge in [0, 0.05) is 10.2 Å². The van der Waals surface area contributed by atoms with Crippen LogP contribution >= 0.6 is 28.1 Å². The molecule has 0 aliphatic rings. The molecule has 3 N–H and O–H groups in total. The lowest BCUT2D eigenvalue weighted by Crippen LogP contribution is -2.16. The van der Waals surface area contributed by atoms with E-state index in [0.29, 0.717) is 15.7 Å². The molecule has 0 radical (unpaired) electrons. The van der Waals surface area contributed by atoms with Crippen molar-refractivity contribution in [2.45, 2.75) is 13.8 Å². The SMILES string of the molecule is Cc1cc(C)c(C(N)=S)c(Nc2c(F)cc(Br)cc2F)n1. The van der Waals surface area contributed by atoms with Crippen molar-refractivity contribution >= 4 is 44.6 Å². The molecular weight excluding hydrogens is 360 g/mol. The van der Waals surface area contributed by atoms with Crippen LogP contribution in [0, 0.1) is 25.5 Å². The van der Waals surface area contributed by atoms with E-state index >= 15 is 0 Å². The van der Waals surface area contributed by atoms with Gasteiger partial charge >= 0.3 is 0 Å². The van der Waals surface area contributed by atoms with Gasteiger partial charge < -0.3 is 11.1 Å². The second-order valence-corrected chi connectivity index (χ2v) is 5.89. The summed E-state index contributed by atoms with van der Waals surface area (Å²) in [6.45, 7) is 3.58. The molecule has 0 aliphatic carbocycles. The third kappa shape index (κ3) is 3.36. The number of nitrogens with zero attached hydrogens (tertiary/aromatic N) is 1. The van der Waals surface area contributed by atoms with E-state index in [2.05, 4.69) is 26.2 Å². The van der Waals surface area contributed by atoms with Gasteiger partial charge in [0.05, 0.1) is 5.56 Å². The summed E-state index contributed by atoms with van der Waals surface area (Å²) in [5.41, 5.74) is 7.32. The normalized spacial score (nSPS) is 10.5. The number of halogens is 3. The molecular formula is C14H12BrF2N3S. The first-order valence-electron chi connectivity index (χ1n) is 5.99. The molecule has 0 bridgehead atoms. The Morgan fingerprint density at radius 1 is 1.24 bits per heavy atom. The van der Waals surface area contributed by atoms with Crippen molar-refractivity contribution in [1.29, 1.82) is 0 Å². The van der Waals surface area contributed by atoms with Crippen LogP contribution in [-0.4, -0.2) is 9.97 Å². The van der Waals surface area contributed by atoms with Gasteiger partial charge in [0.2, 0.25) is 0 Å². The van der Waals surface area contributed by atoms with Gasteiger partial charge in [-0.1, -0.05) is 28.1 Å². The van der Waals surface area contributed by atoms with Crippen LogP contribution in [0.3, 0.4) is 0 Å². The molecule has 21 heavy (non-hydrogen) atoms. The molecule has 0 amide bonds. The average molecular weight is 372 g/mol. The van der Waals surface area contributed by atoms with Crippen LogP contribution in [0.5, 0.6) is 0 Å². The van der Waals surface area contributed by atoms with Crippen LogP contribution in [0.25, 0.3) is 0 Å². The molecule has 7 heteroatoms. The molecule has 0 aliphatic heterocycles. The molecule has 0 unspecified atom stereocenters. The summed E-state index contributed by atoms with van der Waals surface area (Å²) in [6.07, 6.45) is 0. The molecule has 110 valence electrons. The highest BCUT2D eigenvalue weighted by molar-refractivity contribution is 9.10. The highest BCUT2D eigenvalue weighted by Gasteiger charge is 2.16. The second kappa shape index (κ2) is 6.03. The quantitative estimate of drug-likeness (QED) is 0.796. The van der Waals surface area contributed by atoms with Gasteiger partial charge in [0.25, 0.3) is 0 Å². The Hall–Kier alpha value is -1.60. The van der Waals surface area contributed by atoms with Gasteiger partial charge in [-0.15, -0.1) is 0 Å². The number of aryl methyl sites for hydroxylation is 2. The van der Waals surface area contributed by atoms with Crippen molar-refractivity contribution in [1.82, 2.24) is 4.98 Å². The minimum atomic E-state index is -0.739. The zero-order chi connectivity index (χ0) is 15.7. The smallest absolute Gasteiger partial charge is 0.150 e. The zero-order valence-corrected chi connectivity index (χ0v) is 13.7. The van der Waals surface area contributed by atoms with Crippen molar-refractivity contribution in [2.75, 3.05) is 5.32 Å². The minimum absolute atomic E-state index is 0.112. The van der Waals surface area contributed by atoms with Crippen LogP contribution in [0.4, 0.5) is 20.3 Å².